The molecule has 6 rings (SSSR count). The summed E-state index contributed by atoms with van der Waals surface area (Å²) >= 11 is 0. The molecule has 8 nitrogen and oxygen atoms in total. The first-order valence-corrected chi connectivity index (χ1v) is 11.8. The molecule has 186 valence electrons. The van der Waals surface area contributed by atoms with Crippen molar-refractivity contribution in [2.75, 3.05) is 6.79 Å². The Labute approximate surface area is 212 Å². The molecule has 37 heavy (non-hydrogen) atoms. The number of allylic oxidation sites excluding steroid dienone is 1. The summed E-state index contributed by atoms with van der Waals surface area (Å²) in [4.78, 5) is 19.6. The van der Waals surface area contributed by atoms with Gasteiger partial charge in [-0.1, -0.05) is 47.1 Å². The number of hydrogen-bond acceptors (Lipinski definition) is 6. The summed E-state index contributed by atoms with van der Waals surface area (Å²) in [5.41, 5.74) is 4.52. The number of aromatic nitrogens is 2. The molecule has 2 amide bonds. The van der Waals surface area contributed by atoms with E-state index in [1.807, 2.05) is 56.3 Å². The zero-order valence-electron chi connectivity index (χ0n) is 20.2. The van der Waals surface area contributed by atoms with Gasteiger partial charge >= 0.3 is 6.03 Å². The van der Waals surface area contributed by atoms with Gasteiger partial charge in [0.15, 0.2) is 11.5 Å². The van der Waals surface area contributed by atoms with Crippen molar-refractivity contribution in [3.05, 3.63) is 101 Å². The Morgan fingerprint density at radius 2 is 1.86 bits per heavy atom. The highest BCUT2D eigenvalue weighted by Crippen LogP contribution is 2.39. The van der Waals surface area contributed by atoms with Crippen LogP contribution in [-0.4, -0.2) is 27.9 Å². The number of halogens is 1. The molecule has 1 atom stereocenters. The van der Waals surface area contributed by atoms with Gasteiger partial charge in [0.05, 0.1) is 18.2 Å². The molecule has 1 unspecified atom stereocenters. The summed E-state index contributed by atoms with van der Waals surface area (Å²) in [6.45, 7) is 4.25. The molecular weight excluding hydrogens is 475 g/mol. The molecule has 1 N–H and O–H groups in total. The van der Waals surface area contributed by atoms with Gasteiger partial charge in [-0.2, -0.15) is 4.98 Å². The lowest BCUT2D eigenvalue weighted by molar-refractivity contribution is 0.174. The molecule has 0 saturated carbocycles. The van der Waals surface area contributed by atoms with Gasteiger partial charge in [-0.05, 0) is 55.3 Å². The standard InChI is InChI=1S/C28H23FN4O4/c1-16-5-3-7-20(11-16)26-31-27(37-32-26)24-17(2)33(14-18-9-10-22-23(12-18)36-15-35-22)28(34)30-25(24)19-6-4-8-21(29)13-19/h3-13,25H,14-15H2,1-2H3,(H,30,34). The number of carbonyl (C=O) groups is 1. The predicted octanol–water partition coefficient (Wildman–Crippen LogP) is 5.61. The topological polar surface area (TPSA) is 89.7 Å². The lowest BCUT2D eigenvalue weighted by atomic mass is 9.94. The lowest BCUT2D eigenvalue weighted by Gasteiger charge is -2.35. The number of hydrogen-bond donors (Lipinski definition) is 1. The van der Waals surface area contributed by atoms with E-state index in [-0.39, 0.29) is 25.3 Å². The molecule has 2 aliphatic rings. The van der Waals surface area contributed by atoms with E-state index < -0.39 is 11.9 Å². The third kappa shape index (κ3) is 4.29. The average Bonchev–Trinajstić information content (AvgIpc) is 3.56. The summed E-state index contributed by atoms with van der Waals surface area (Å²) in [5.74, 6) is 1.57. The van der Waals surface area contributed by atoms with E-state index in [0.717, 1.165) is 16.7 Å². The summed E-state index contributed by atoms with van der Waals surface area (Å²) in [7, 11) is 0. The van der Waals surface area contributed by atoms with Gasteiger partial charge in [0.2, 0.25) is 12.6 Å². The van der Waals surface area contributed by atoms with Crippen molar-refractivity contribution in [1.29, 1.82) is 0 Å². The van der Waals surface area contributed by atoms with Crippen LogP contribution in [0.4, 0.5) is 9.18 Å². The third-order valence-corrected chi connectivity index (χ3v) is 6.49. The molecule has 2 aliphatic heterocycles. The van der Waals surface area contributed by atoms with Crippen LogP contribution in [0.15, 0.2) is 77.0 Å². The van der Waals surface area contributed by atoms with Crippen molar-refractivity contribution in [2.24, 2.45) is 0 Å². The summed E-state index contributed by atoms with van der Waals surface area (Å²) in [5, 5.41) is 7.19. The first-order chi connectivity index (χ1) is 18.0. The molecule has 0 bridgehead atoms. The van der Waals surface area contributed by atoms with Crippen LogP contribution >= 0.6 is 0 Å². The second-order valence-electron chi connectivity index (χ2n) is 9.00. The largest absolute Gasteiger partial charge is 0.454 e. The minimum absolute atomic E-state index is 0.168. The van der Waals surface area contributed by atoms with Crippen LogP contribution in [0.2, 0.25) is 0 Å². The van der Waals surface area contributed by atoms with Crippen LogP contribution in [0.25, 0.3) is 17.0 Å². The van der Waals surface area contributed by atoms with Crippen molar-refractivity contribution in [3.63, 3.8) is 0 Å². The van der Waals surface area contributed by atoms with Crippen molar-refractivity contribution < 1.29 is 23.2 Å². The maximum Gasteiger partial charge on any atom is 0.322 e. The monoisotopic (exact) mass is 498 g/mol. The van der Waals surface area contributed by atoms with Crippen LogP contribution < -0.4 is 14.8 Å². The minimum Gasteiger partial charge on any atom is -0.454 e. The van der Waals surface area contributed by atoms with Crippen LogP contribution in [0, 0.1) is 12.7 Å². The normalized spacial score (nSPS) is 16.8. The van der Waals surface area contributed by atoms with Gasteiger partial charge in [-0.25, -0.2) is 9.18 Å². The van der Waals surface area contributed by atoms with Crippen LogP contribution in [0.3, 0.4) is 0 Å². The highest BCUT2D eigenvalue weighted by Gasteiger charge is 2.36. The number of aryl methyl sites for hydroxylation is 1. The highest BCUT2D eigenvalue weighted by atomic mass is 19.1. The van der Waals surface area contributed by atoms with E-state index in [2.05, 4.69) is 15.5 Å². The Hall–Kier alpha value is -4.66. The highest BCUT2D eigenvalue weighted by molar-refractivity contribution is 5.87. The lowest BCUT2D eigenvalue weighted by Crippen LogP contribution is -2.45. The van der Waals surface area contributed by atoms with E-state index in [1.165, 1.54) is 12.1 Å². The van der Waals surface area contributed by atoms with Crippen molar-refractivity contribution in [1.82, 2.24) is 20.4 Å². The van der Waals surface area contributed by atoms with E-state index in [1.54, 1.807) is 17.0 Å². The summed E-state index contributed by atoms with van der Waals surface area (Å²) in [6, 6.07) is 18.4. The smallest absolute Gasteiger partial charge is 0.322 e. The number of amides is 2. The number of rotatable bonds is 5. The quantitative estimate of drug-likeness (QED) is 0.385. The number of carbonyl (C=O) groups excluding carboxylic acids is 1. The number of urea groups is 1. The Morgan fingerprint density at radius 3 is 2.70 bits per heavy atom. The van der Waals surface area contributed by atoms with Gasteiger partial charge in [0.25, 0.3) is 5.89 Å². The molecule has 1 aromatic heterocycles. The molecule has 0 aliphatic carbocycles. The van der Waals surface area contributed by atoms with Gasteiger partial charge < -0.3 is 19.3 Å². The van der Waals surface area contributed by atoms with Crippen molar-refractivity contribution in [2.45, 2.75) is 26.4 Å². The van der Waals surface area contributed by atoms with E-state index >= 15 is 0 Å². The molecule has 3 heterocycles. The molecule has 0 radical (unpaired) electrons. The SMILES string of the molecule is CC1=C(c2nc(-c3cccc(C)c3)no2)C(c2cccc(F)c2)NC(=O)N1Cc1ccc2c(c1)OCO2. The summed E-state index contributed by atoms with van der Waals surface area (Å²) < 4.78 is 30.8. The predicted molar refractivity (Wildman–Crippen MR) is 133 cm³/mol. The van der Waals surface area contributed by atoms with Crippen molar-refractivity contribution >= 4 is 11.6 Å². The number of benzene rings is 3. The molecule has 0 saturated heterocycles. The third-order valence-electron chi connectivity index (χ3n) is 6.49. The maximum atomic E-state index is 14.2. The first-order valence-electron chi connectivity index (χ1n) is 11.8. The van der Waals surface area contributed by atoms with Crippen LogP contribution in [0.5, 0.6) is 11.5 Å². The van der Waals surface area contributed by atoms with Gasteiger partial charge in [0, 0.05) is 11.3 Å². The van der Waals surface area contributed by atoms with E-state index in [0.29, 0.717) is 34.2 Å². The Kier molecular flexibility index (Phi) is 5.60. The number of ether oxygens (including phenoxy) is 2. The second kappa shape index (κ2) is 9.09. The molecule has 0 fully saturated rings. The molecule has 9 heteroatoms. The zero-order valence-corrected chi connectivity index (χ0v) is 20.2. The Bertz CT molecular complexity index is 1550. The van der Waals surface area contributed by atoms with E-state index in [4.69, 9.17) is 14.0 Å². The minimum atomic E-state index is -0.679. The van der Waals surface area contributed by atoms with Crippen molar-refractivity contribution in [3.8, 4) is 22.9 Å². The zero-order chi connectivity index (χ0) is 25.5. The molecular formula is C28H23FN4O4. The first kappa shape index (κ1) is 22.8. The number of nitrogens with one attached hydrogen (secondary N) is 1. The van der Waals surface area contributed by atoms with E-state index in [9.17, 15) is 9.18 Å². The molecule has 3 aromatic carbocycles. The Balaban J connectivity index is 1.43. The molecule has 0 spiro atoms. The average molecular weight is 499 g/mol. The maximum absolute atomic E-state index is 14.2. The van der Waals surface area contributed by atoms with Crippen LogP contribution in [-0.2, 0) is 6.54 Å². The number of fused-ring (bicyclic) bond motifs is 1. The molecule has 4 aromatic rings. The van der Waals surface area contributed by atoms with Gasteiger partial charge in [-0.3, -0.25) is 4.90 Å². The van der Waals surface area contributed by atoms with Gasteiger partial charge in [-0.15, -0.1) is 0 Å². The fourth-order valence-electron chi connectivity index (χ4n) is 4.64. The Morgan fingerprint density at radius 1 is 1.03 bits per heavy atom. The second-order valence-corrected chi connectivity index (χ2v) is 9.00. The fraction of sp³-hybridized carbons (Fsp3) is 0.179. The van der Waals surface area contributed by atoms with Crippen LogP contribution in [0.1, 0.15) is 35.5 Å². The summed E-state index contributed by atoms with van der Waals surface area (Å²) in [6.07, 6.45) is 0. The fourth-order valence-corrected chi connectivity index (χ4v) is 4.64. The van der Waals surface area contributed by atoms with Gasteiger partial charge in [0.1, 0.15) is 5.82 Å². The number of nitrogens with zero attached hydrogens (tertiary/aromatic N) is 3.